The largest absolute Gasteiger partial charge is 0.491 e. The Hall–Kier alpha value is -3.33. The molecule has 0 saturated carbocycles. The van der Waals surface area contributed by atoms with Crippen LogP contribution in [-0.2, 0) is 17.5 Å². The van der Waals surface area contributed by atoms with Crippen molar-refractivity contribution in [3.8, 4) is 5.75 Å². The summed E-state index contributed by atoms with van der Waals surface area (Å²) in [5.74, 6) is 0.294. The molecular formula is C23H20F3N3O3. The summed E-state index contributed by atoms with van der Waals surface area (Å²) in [4.78, 5) is 19.2. The highest BCUT2D eigenvalue weighted by Gasteiger charge is 2.36. The lowest BCUT2D eigenvalue weighted by atomic mass is 9.98. The van der Waals surface area contributed by atoms with Crippen molar-refractivity contribution in [1.82, 2.24) is 9.88 Å². The lowest BCUT2D eigenvalue weighted by Gasteiger charge is -2.24. The molecule has 5 rings (SSSR count). The molecule has 2 aliphatic rings. The van der Waals surface area contributed by atoms with Crippen molar-refractivity contribution >= 4 is 22.6 Å². The molecular weight excluding hydrogens is 423 g/mol. The number of rotatable bonds is 2. The number of likely N-dealkylation sites (N-methyl/N-ethyl adjacent to an activating group) is 1. The molecule has 3 aromatic rings. The van der Waals surface area contributed by atoms with E-state index in [-0.39, 0.29) is 24.4 Å². The molecule has 32 heavy (non-hydrogen) atoms. The highest BCUT2D eigenvalue weighted by Crippen LogP contribution is 2.41. The maximum absolute atomic E-state index is 13.3. The number of carbonyl (C=O) groups excluding carboxylic acids is 1. The second-order valence-corrected chi connectivity index (χ2v) is 8.07. The van der Waals surface area contributed by atoms with Crippen molar-refractivity contribution in [1.29, 1.82) is 0 Å². The fraction of sp³-hybridized carbons (Fsp3) is 0.304. The van der Waals surface area contributed by atoms with Crippen molar-refractivity contribution < 1.29 is 27.4 Å². The molecule has 1 aromatic heterocycles. The molecule has 0 bridgehead atoms. The van der Waals surface area contributed by atoms with Crippen LogP contribution in [0.4, 0.5) is 19.0 Å². The molecule has 2 aliphatic heterocycles. The number of hydrogen-bond acceptors (Lipinski definition) is 5. The standard InChI is InChI=1S/C23H20F3N3O3/c1-11-20-15-7-12(3-6-17(15)28-21(27)16(20)9-31-11)22(30)29(2)18-10-32-19-8-13(23(24,25)26)4-5-14(18)19/h3-8,11,18H,9-10H2,1-2H3,(H2,27,28)/t11-,18+/m0/s1. The molecule has 0 unspecified atom stereocenters. The lowest BCUT2D eigenvalue weighted by molar-refractivity contribution is -0.137. The van der Waals surface area contributed by atoms with Crippen LogP contribution in [-0.4, -0.2) is 29.4 Å². The Morgan fingerprint density at radius 1 is 1.22 bits per heavy atom. The summed E-state index contributed by atoms with van der Waals surface area (Å²) in [6.45, 7) is 2.39. The molecule has 0 aliphatic carbocycles. The first kappa shape index (κ1) is 20.6. The maximum Gasteiger partial charge on any atom is 0.416 e. The van der Waals surface area contributed by atoms with Crippen molar-refractivity contribution in [3.05, 3.63) is 64.2 Å². The van der Waals surface area contributed by atoms with Gasteiger partial charge in [0.15, 0.2) is 0 Å². The first-order valence-corrected chi connectivity index (χ1v) is 10.1. The van der Waals surface area contributed by atoms with Crippen LogP contribution in [0.25, 0.3) is 10.9 Å². The van der Waals surface area contributed by atoms with E-state index in [0.717, 1.165) is 28.6 Å². The number of nitrogens with zero attached hydrogens (tertiary/aromatic N) is 2. The van der Waals surface area contributed by atoms with Gasteiger partial charge < -0.3 is 20.1 Å². The Bertz CT molecular complexity index is 1260. The van der Waals surface area contributed by atoms with Crippen LogP contribution in [0.2, 0.25) is 0 Å². The Labute approximate surface area is 181 Å². The molecule has 0 fully saturated rings. The van der Waals surface area contributed by atoms with Gasteiger partial charge in [-0.25, -0.2) is 4.98 Å². The van der Waals surface area contributed by atoms with E-state index >= 15 is 0 Å². The average molecular weight is 443 g/mol. The zero-order chi connectivity index (χ0) is 22.8. The molecule has 0 saturated heterocycles. The number of aromatic nitrogens is 1. The van der Waals surface area contributed by atoms with Gasteiger partial charge in [-0.15, -0.1) is 0 Å². The number of amides is 1. The fourth-order valence-corrected chi connectivity index (χ4v) is 4.42. The predicted molar refractivity (Wildman–Crippen MR) is 111 cm³/mol. The number of alkyl halides is 3. The average Bonchev–Trinajstić information content (AvgIpc) is 3.36. The monoisotopic (exact) mass is 443 g/mol. The van der Waals surface area contributed by atoms with E-state index in [9.17, 15) is 18.0 Å². The van der Waals surface area contributed by atoms with Gasteiger partial charge in [-0.05, 0) is 42.8 Å². The van der Waals surface area contributed by atoms with Crippen molar-refractivity contribution in [3.63, 3.8) is 0 Å². The van der Waals surface area contributed by atoms with Crippen LogP contribution >= 0.6 is 0 Å². The molecule has 0 radical (unpaired) electrons. The number of anilines is 1. The van der Waals surface area contributed by atoms with Gasteiger partial charge in [0, 0.05) is 29.1 Å². The molecule has 1 amide bonds. The minimum atomic E-state index is -4.46. The van der Waals surface area contributed by atoms with E-state index in [1.54, 1.807) is 25.2 Å². The summed E-state index contributed by atoms with van der Waals surface area (Å²) in [6, 6.07) is 8.05. The number of nitrogens with two attached hydrogens (primary N) is 1. The number of pyridine rings is 1. The molecule has 3 heterocycles. The second kappa shape index (κ2) is 7.09. The van der Waals surface area contributed by atoms with Crippen molar-refractivity contribution in [2.24, 2.45) is 0 Å². The molecule has 0 spiro atoms. The van der Waals surface area contributed by atoms with Crippen molar-refractivity contribution in [2.45, 2.75) is 31.9 Å². The number of ether oxygens (including phenoxy) is 2. The van der Waals surface area contributed by atoms with Gasteiger partial charge in [-0.1, -0.05) is 6.07 Å². The third kappa shape index (κ3) is 3.15. The van der Waals surface area contributed by atoms with Gasteiger partial charge in [-0.3, -0.25) is 4.79 Å². The molecule has 9 heteroatoms. The summed E-state index contributed by atoms with van der Waals surface area (Å²) in [5, 5.41) is 0.802. The number of carbonyl (C=O) groups is 1. The number of benzene rings is 2. The van der Waals surface area contributed by atoms with Gasteiger partial charge in [0.1, 0.15) is 18.2 Å². The van der Waals surface area contributed by atoms with Gasteiger partial charge in [0.05, 0.1) is 29.8 Å². The first-order valence-electron chi connectivity index (χ1n) is 10.1. The van der Waals surface area contributed by atoms with Gasteiger partial charge in [0.2, 0.25) is 0 Å². The van der Waals surface area contributed by atoms with Crippen LogP contribution in [0.15, 0.2) is 36.4 Å². The summed E-state index contributed by atoms with van der Waals surface area (Å²) in [7, 11) is 1.62. The van der Waals surface area contributed by atoms with Crippen LogP contribution < -0.4 is 10.5 Å². The van der Waals surface area contributed by atoms with E-state index < -0.39 is 17.8 Å². The Balaban J connectivity index is 1.48. The summed E-state index contributed by atoms with van der Waals surface area (Å²) in [6.07, 6.45) is -4.62. The van der Waals surface area contributed by atoms with Crippen LogP contribution in [0.1, 0.15) is 51.7 Å². The highest BCUT2D eigenvalue weighted by molar-refractivity contribution is 5.99. The predicted octanol–water partition coefficient (Wildman–Crippen LogP) is 4.63. The number of halogens is 3. The van der Waals surface area contributed by atoms with Crippen LogP contribution in [0.5, 0.6) is 5.75 Å². The highest BCUT2D eigenvalue weighted by atomic mass is 19.4. The van der Waals surface area contributed by atoms with E-state index in [1.165, 1.54) is 11.0 Å². The van der Waals surface area contributed by atoms with Gasteiger partial charge in [-0.2, -0.15) is 13.2 Å². The van der Waals surface area contributed by atoms with Crippen molar-refractivity contribution in [2.75, 3.05) is 19.4 Å². The quantitative estimate of drug-likeness (QED) is 0.625. The van der Waals surface area contributed by atoms with E-state index in [2.05, 4.69) is 4.98 Å². The third-order valence-corrected chi connectivity index (χ3v) is 6.18. The molecule has 2 atom stereocenters. The van der Waals surface area contributed by atoms with Gasteiger partial charge in [0.25, 0.3) is 5.91 Å². The molecule has 6 nitrogen and oxygen atoms in total. The zero-order valence-electron chi connectivity index (χ0n) is 17.4. The Morgan fingerprint density at radius 2 is 2.00 bits per heavy atom. The molecule has 166 valence electrons. The smallest absolute Gasteiger partial charge is 0.416 e. The Morgan fingerprint density at radius 3 is 2.75 bits per heavy atom. The van der Waals surface area contributed by atoms with Gasteiger partial charge >= 0.3 is 6.18 Å². The topological polar surface area (TPSA) is 77.7 Å². The normalized spacial score (nSPS) is 19.5. The van der Waals surface area contributed by atoms with E-state index in [0.29, 0.717) is 29.1 Å². The minimum Gasteiger partial charge on any atom is -0.491 e. The zero-order valence-corrected chi connectivity index (χ0v) is 17.4. The first-order chi connectivity index (χ1) is 15.1. The number of hydrogen-bond donors (Lipinski definition) is 1. The second-order valence-electron chi connectivity index (χ2n) is 8.07. The van der Waals surface area contributed by atoms with E-state index in [1.807, 2.05) is 6.92 Å². The Kier molecular flexibility index (Phi) is 4.56. The number of nitrogen functional groups attached to an aromatic ring is 1. The summed E-state index contributed by atoms with van der Waals surface area (Å²) in [5.41, 5.74) is 8.70. The fourth-order valence-electron chi connectivity index (χ4n) is 4.42. The van der Waals surface area contributed by atoms with E-state index in [4.69, 9.17) is 15.2 Å². The molecule has 2 N–H and O–H groups in total. The summed E-state index contributed by atoms with van der Waals surface area (Å²) < 4.78 is 50.2. The minimum absolute atomic E-state index is 0.0881. The SMILES string of the molecule is C[C@@H]1OCc2c(N)nc3ccc(C(=O)N(C)[C@@H]4COc5cc(C(F)(F)F)ccc54)cc3c21. The van der Waals surface area contributed by atoms with Crippen LogP contribution in [0, 0.1) is 0 Å². The van der Waals surface area contributed by atoms with Crippen LogP contribution in [0.3, 0.4) is 0 Å². The maximum atomic E-state index is 13.3. The number of fused-ring (bicyclic) bond motifs is 4. The summed E-state index contributed by atoms with van der Waals surface area (Å²) >= 11 is 0. The lowest BCUT2D eigenvalue weighted by Crippen LogP contribution is -2.32. The molecule has 2 aromatic carbocycles. The third-order valence-electron chi connectivity index (χ3n) is 6.18.